The van der Waals surface area contributed by atoms with E-state index in [1.807, 2.05) is 6.07 Å². The number of hydrazone groups is 1. The smallest absolute Gasteiger partial charge is 0.341 e. The number of carboxylic acids is 1. The predicted molar refractivity (Wildman–Crippen MR) is 99.9 cm³/mol. The Balaban J connectivity index is 2.16. The van der Waals surface area contributed by atoms with Crippen molar-refractivity contribution in [1.82, 2.24) is 5.43 Å². The summed E-state index contributed by atoms with van der Waals surface area (Å²) in [7, 11) is 0. The van der Waals surface area contributed by atoms with E-state index in [0.29, 0.717) is 23.5 Å². The molecule has 0 aromatic heterocycles. The molecule has 0 aliphatic carbocycles. The number of amides is 1. The number of nitrogens with zero attached hydrogens (tertiary/aromatic N) is 1. The molecule has 0 heterocycles. The third kappa shape index (κ3) is 5.59. The van der Waals surface area contributed by atoms with Gasteiger partial charge in [-0.3, -0.25) is 4.79 Å². The SMILES string of the molecule is CCOc1cccc(/C=N/NC(=O)c2cccc(Br)c2)c1OCC(=O)O. The van der Waals surface area contributed by atoms with E-state index in [9.17, 15) is 9.59 Å². The van der Waals surface area contributed by atoms with E-state index < -0.39 is 12.6 Å². The first-order valence-corrected chi connectivity index (χ1v) is 8.50. The van der Waals surface area contributed by atoms with Crippen LogP contribution in [0.4, 0.5) is 0 Å². The highest BCUT2D eigenvalue weighted by Gasteiger charge is 2.12. The van der Waals surface area contributed by atoms with E-state index in [4.69, 9.17) is 14.6 Å². The monoisotopic (exact) mass is 420 g/mol. The van der Waals surface area contributed by atoms with Crippen LogP contribution in [0.25, 0.3) is 0 Å². The Labute approximate surface area is 158 Å². The summed E-state index contributed by atoms with van der Waals surface area (Å²) in [5.41, 5.74) is 3.34. The molecule has 0 saturated carbocycles. The number of rotatable bonds is 8. The summed E-state index contributed by atoms with van der Waals surface area (Å²) < 4.78 is 11.5. The first kappa shape index (κ1) is 19.5. The Kier molecular flexibility index (Phi) is 7.16. The van der Waals surface area contributed by atoms with Gasteiger partial charge in [0.2, 0.25) is 0 Å². The molecule has 2 N–H and O–H groups in total. The molecule has 136 valence electrons. The molecule has 0 unspecified atom stereocenters. The molecule has 0 spiro atoms. The predicted octanol–water partition coefficient (Wildman–Crippen LogP) is 3.08. The zero-order chi connectivity index (χ0) is 18.9. The Morgan fingerprint density at radius 3 is 2.69 bits per heavy atom. The second-order valence-electron chi connectivity index (χ2n) is 5.00. The van der Waals surface area contributed by atoms with Crippen LogP contribution in [0.5, 0.6) is 11.5 Å². The molecule has 2 aromatic rings. The Hall–Kier alpha value is -2.87. The number of carbonyl (C=O) groups is 2. The van der Waals surface area contributed by atoms with Crippen molar-refractivity contribution in [3.63, 3.8) is 0 Å². The van der Waals surface area contributed by atoms with Gasteiger partial charge in [0.15, 0.2) is 18.1 Å². The minimum atomic E-state index is -1.11. The highest BCUT2D eigenvalue weighted by molar-refractivity contribution is 9.10. The lowest BCUT2D eigenvalue weighted by Gasteiger charge is -2.12. The van der Waals surface area contributed by atoms with Crippen LogP contribution >= 0.6 is 15.9 Å². The number of halogens is 1. The molecule has 0 bridgehead atoms. The molecule has 7 nitrogen and oxygen atoms in total. The first-order chi connectivity index (χ1) is 12.5. The molecule has 0 aliphatic heterocycles. The third-order valence-electron chi connectivity index (χ3n) is 3.11. The van der Waals surface area contributed by atoms with Crippen LogP contribution < -0.4 is 14.9 Å². The number of carboxylic acid groups (broad SMARTS) is 1. The molecular weight excluding hydrogens is 404 g/mol. The lowest BCUT2D eigenvalue weighted by atomic mass is 10.2. The fourth-order valence-electron chi connectivity index (χ4n) is 2.05. The van der Waals surface area contributed by atoms with Gasteiger partial charge in [-0.1, -0.05) is 28.1 Å². The average molecular weight is 421 g/mol. The quantitative estimate of drug-likeness (QED) is 0.505. The molecule has 0 fully saturated rings. The molecule has 0 saturated heterocycles. The van der Waals surface area contributed by atoms with Gasteiger partial charge in [0.05, 0.1) is 12.8 Å². The molecule has 0 aliphatic rings. The topological polar surface area (TPSA) is 97.2 Å². The lowest BCUT2D eigenvalue weighted by molar-refractivity contribution is -0.139. The summed E-state index contributed by atoms with van der Waals surface area (Å²) in [5.74, 6) is -0.841. The van der Waals surface area contributed by atoms with Gasteiger partial charge < -0.3 is 14.6 Å². The Morgan fingerprint density at radius 1 is 1.23 bits per heavy atom. The van der Waals surface area contributed by atoms with Crippen LogP contribution in [0.1, 0.15) is 22.8 Å². The molecule has 1 amide bonds. The summed E-state index contributed by atoms with van der Waals surface area (Å²) in [4.78, 5) is 22.9. The van der Waals surface area contributed by atoms with Crippen molar-refractivity contribution in [3.05, 3.63) is 58.1 Å². The van der Waals surface area contributed by atoms with Gasteiger partial charge in [0.25, 0.3) is 5.91 Å². The number of aliphatic carboxylic acids is 1. The number of hydrogen-bond acceptors (Lipinski definition) is 5. The van der Waals surface area contributed by atoms with Gasteiger partial charge >= 0.3 is 5.97 Å². The number of nitrogens with one attached hydrogen (secondary N) is 1. The van der Waals surface area contributed by atoms with E-state index >= 15 is 0 Å². The lowest BCUT2D eigenvalue weighted by Crippen LogP contribution is -2.17. The fraction of sp³-hybridized carbons (Fsp3) is 0.167. The van der Waals surface area contributed by atoms with Crippen molar-refractivity contribution in [2.24, 2.45) is 5.10 Å². The summed E-state index contributed by atoms with van der Waals surface area (Å²) in [5, 5.41) is 12.7. The molecule has 26 heavy (non-hydrogen) atoms. The Bertz CT molecular complexity index is 823. The minimum absolute atomic E-state index is 0.247. The van der Waals surface area contributed by atoms with Crippen LogP contribution in [0.3, 0.4) is 0 Å². The fourth-order valence-corrected chi connectivity index (χ4v) is 2.45. The van der Waals surface area contributed by atoms with Crippen molar-refractivity contribution in [2.75, 3.05) is 13.2 Å². The highest BCUT2D eigenvalue weighted by atomic mass is 79.9. The van der Waals surface area contributed by atoms with E-state index in [-0.39, 0.29) is 11.7 Å². The van der Waals surface area contributed by atoms with Gasteiger partial charge in [0.1, 0.15) is 0 Å². The van der Waals surface area contributed by atoms with Crippen molar-refractivity contribution in [1.29, 1.82) is 0 Å². The van der Waals surface area contributed by atoms with Gasteiger partial charge in [-0.25, -0.2) is 10.2 Å². The summed E-state index contributed by atoms with van der Waals surface area (Å²) in [6.45, 7) is 1.68. The van der Waals surface area contributed by atoms with Gasteiger partial charge in [-0.2, -0.15) is 5.10 Å². The summed E-state index contributed by atoms with van der Waals surface area (Å²) in [6, 6.07) is 11.9. The third-order valence-corrected chi connectivity index (χ3v) is 3.60. The van der Waals surface area contributed by atoms with E-state index in [2.05, 4.69) is 26.5 Å². The average Bonchev–Trinajstić information content (AvgIpc) is 2.61. The standard InChI is InChI=1S/C18H17BrN2O5/c1-2-25-15-8-4-6-13(17(15)26-11-16(22)23)10-20-21-18(24)12-5-3-7-14(19)9-12/h3-10H,2,11H2,1H3,(H,21,24)(H,22,23)/b20-10+. The molecular formula is C18H17BrN2O5. The number of hydrogen-bond donors (Lipinski definition) is 2. The second-order valence-corrected chi connectivity index (χ2v) is 5.92. The largest absolute Gasteiger partial charge is 0.490 e. The van der Waals surface area contributed by atoms with Crippen molar-refractivity contribution in [2.45, 2.75) is 6.92 Å². The van der Waals surface area contributed by atoms with Crippen molar-refractivity contribution < 1.29 is 24.2 Å². The summed E-state index contributed by atoms with van der Waals surface area (Å²) >= 11 is 3.30. The highest BCUT2D eigenvalue weighted by Crippen LogP contribution is 2.30. The maximum absolute atomic E-state index is 12.1. The van der Waals surface area contributed by atoms with Gasteiger partial charge in [-0.05, 0) is 37.3 Å². The minimum Gasteiger partial charge on any atom is -0.490 e. The number of carbonyl (C=O) groups excluding carboxylic acids is 1. The number of para-hydroxylation sites is 1. The summed E-state index contributed by atoms with van der Waals surface area (Å²) in [6.07, 6.45) is 1.37. The normalized spacial score (nSPS) is 10.5. The van der Waals surface area contributed by atoms with Crippen LogP contribution in [-0.2, 0) is 4.79 Å². The molecule has 0 atom stereocenters. The van der Waals surface area contributed by atoms with Crippen molar-refractivity contribution in [3.8, 4) is 11.5 Å². The van der Waals surface area contributed by atoms with Gasteiger partial charge in [0, 0.05) is 15.6 Å². The molecule has 2 rings (SSSR count). The second kappa shape index (κ2) is 9.57. The number of benzene rings is 2. The van der Waals surface area contributed by atoms with E-state index in [1.165, 1.54) is 6.21 Å². The zero-order valence-electron chi connectivity index (χ0n) is 13.9. The molecule has 2 aromatic carbocycles. The zero-order valence-corrected chi connectivity index (χ0v) is 15.5. The van der Waals surface area contributed by atoms with E-state index in [1.54, 1.807) is 43.3 Å². The number of ether oxygens (including phenoxy) is 2. The van der Waals surface area contributed by atoms with Crippen LogP contribution in [0.15, 0.2) is 52.0 Å². The van der Waals surface area contributed by atoms with Crippen LogP contribution in [-0.4, -0.2) is 36.4 Å². The van der Waals surface area contributed by atoms with E-state index in [0.717, 1.165) is 4.47 Å². The molecule has 0 radical (unpaired) electrons. The Morgan fingerprint density at radius 2 is 2.00 bits per heavy atom. The maximum Gasteiger partial charge on any atom is 0.341 e. The van der Waals surface area contributed by atoms with Crippen LogP contribution in [0.2, 0.25) is 0 Å². The van der Waals surface area contributed by atoms with Gasteiger partial charge in [-0.15, -0.1) is 0 Å². The molecule has 8 heteroatoms. The maximum atomic E-state index is 12.1. The van der Waals surface area contributed by atoms with Crippen LogP contribution in [0, 0.1) is 0 Å². The van der Waals surface area contributed by atoms with Crippen molar-refractivity contribution >= 4 is 34.0 Å². The first-order valence-electron chi connectivity index (χ1n) is 7.70.